The summed E-state index contributed by atoms with van der Waals surface area (Å²) in [6.45, 7) is 8.18. The summed E-state index contributed by atoms with van der Waals surface area (Å²) in [5.41, 5.74) is 0.971. The van der Waals surface area contributed by atoms with Crippen molar-refractivity contribution in [3.05, 3.63) is 23.8 Å². The molecule has 5 nitrogen and oxygen atoms in total. The van der Waals surface area contributed by atoms with E-state index in [4.69, 9.17) is 9.47 Å². The van der Waals surface area contributed by atoms with Gasteiger partial charge < -0.3 is 19.7 Å². The minimum Gasteiger partial charge on any atom is -0.486 e. The molecule has 0 aliphatic carbocycles. The Morgan fingerprint density at radius 1 is 1.24 bits per heavy atom. The molecule has 0 saturated heterocycles. The van der Waals surface area contributed by atoms with E-state index in [0.717, 1.165) is 17.1 Å². The molecule has 0 bridgehead atoms. The SMILES string of the molecule is CN(Cc1ccc2c(c1)OCCO2)C(=O)CNC(C)(C)C. The van der Waals surface area contributed by atoms with Gasteiger partial charge >= 0.3 is 0 Å². The van der Waals surface area contributed by atoms with Crippen LogP contribution in [0.1, 0.15) is 26.3 Å². The first kappa shape index (κ1) is 15.6. The fourth-order valence-electron chi connectivity index (χ4n) is 2.02. The molecular formula is C16H24N2O3. The van der Waals surface area contributed by atoms with E-state index >= 15 is 0 Å². The fourth-order valence-corrected chi connectivity index (χ4v) is 2.02. The molecule has 1 aromatic rings. The summed E-state index contributed by atoms with van der Waals surface area (Å²) in [5, 5.41) is 3.20. The molecule has 0 atom stereocenters. The minimum atomic E-state index is -0.0620. The van der Waals surface area contributed by atoms with Gasteiger partial charge in [0.2, 0.25) is 5.91 Å². The first-order valence-electron chi connectivity index (χ1n) is 7.23. The number of hydrogen-bond acceptors (Lipinski definition) is 4. The summed E-state index contributed by atoms with van der Waals surface area (Å²) in [4.78, 5) is 13.8. The van der Waals surface area contributed by atoms with Crippen LogP contribution < -0.4 is 14.8 Å². The van der Waals surface area contributed by atoms with Crippen molar-refractivity contribution >= 4 is 5.91 Å². The maximum absolute atomic E-state index is 12.1. The first-order chi connectivity index (χ1) is 9.85. The van der Waals surface area contributed by atoms with E-state index in [1.54, 1.807) is 4.90 Å². The second-order valence-electron chi connectivity index (χ2n) is 6.33. The number of nitrogens with one attached hydrogen (secondary N) is 1. The van der Waals surface area contributed by atoms with Gasteiger partial charge in [0, 0.05) is 19.1 Å². The van der Waals surface area contributed by atoms with Crippen LogP contribution in [0.4, 0.5) is 0 Å². The molecule has 1 aliphatic rings. The van der Waals surface area contributed by atoms with Crippen molar-refractivity contribution in [1.29, 1.82) is 0 Å². The molecule has 1 N–H and O–H groups in total. The van der Waals surface area contributed by atoms with Crippen LogP contribution in [-0.2, 0) is 11.3 Å². The second kappa shape index (κ2) is 6.35. The van der Waals surface area contributed by atoms with Gasteiger partial charge in [-0.1, -0.05) is 6.07 Å². The van der Waals surface area contributed by atoms with Gasteiger partial charge in [0.15, 0.2) is 11.5 Å². The Hall–Kier alpha value is -1.75. The van der Waals surface area contributed by atoms with Gasteiger partial charge in [-0.2, -0.15) is 0 Å². The van der Waals surface area contributed by atoms with Crippen molar-refractivity contribution in [3.63, 3.8) is 0 Å². The first-order valence-corrected chi connectivity index (χ1v) is 7.23. The van der Waals surface area contributed by atoms with E-state index in [1.807, 2.05) is 46.0 Å². The van der Waals surface area contributed by atoms with Crippen LogP contribution in [0.3, 0.4) is 0 Å². The molecule has 5 heteroatoms. The Labute approximate surface area is 126 Å². The van der Waals surface area contributed by atoms with Crippen LogP contribution in [0.15, 0.2) is 18.2 Å². The predicted molar refractivity (Wildman–Crippen MR) is 81.7 cm³/mol. The number of fused-ring (bicyclic) bond motifs is 1. The molecule has 116 valence electrons. The molecule has 1 aliphatic heterocycles. The van der Waals surface area contributed by atoms with Crippen molar-refractivity contribution in [3.8, 4) is 11.5 Å². The molecule has 0 saturated carbocycles. The molecule has 1 aromatic carbocycles. The van der Waals surface area contributed by atoms with E-state index in [2.05, 4.69) is 5.32 Å². The monoisotopic (exact) mass is 292 g/mol. The van der Waals surface area contributed by atoms with Crippen molar-refractivity contribution in [1.82, 2.24) is 10.2 Å². The average Bonchev–Trinajstić information content (AvgIpc) is 2.43. The zero-order valence-electron chi connectivity index (χ0n) is 13.2. The standard InChI is InChI=1S/C16H24N2O3/c1-16(2,3)17-10-15(19)18(4)11-12-5-6-13-14(9-12)21-8-7-20-13/h5-6,9,17H,7-8,10-11H2,1-4H3. The molecule has 0 spiro atoms. The van der Waals surface area contributed by atoms with Gasteiger partial charge in [0.05, 0.1) is 6.54 Å². The number of carbonyl (C=O) groups excluding carboxylic acids is 1. The van der Waals surface area contributed by atoms with Gasteiger partial charge in [0.25, 0.3) is 0 Å². The van der Waals surface area contributed by atoms with E-state index < -0.39 is 0 Å². The molecule has 21 heavy (non-hydrogen) atoms. The summed E-state index contributed by atoms with van der Waals surface area (Å²) in [6.07, 6.45) is 0. The Balaban J connectivity index is 1.93. The Morgan fingerprint density at radius 2 is 1.90 bits per heavy atom. The van der Waals surface area contributed by atoms with Crippen LogP contribution in [0.25, 0.3) is 0 Å². The fraction of sp³-hybridized carbons (Fsp3) is 0.562. The normalized spacial score (nSPS) is 13.9. The molecule has 0 aromatic heterocycles. The lowest BCUT2D eigenvalue weighted by Crippen LogP contribution is -2.43. The van der Waals surface area contributed by atoms with E-state index in [1.165, 1.54) is 0 Å². The zero-order valence-corrected chi connectivity index (χ0v) is 13.2. The molecule has 2 rings (SSSR count). The third-order valence-electron chi connectivity index (χ3n) is 3.22. The number of benzene rings is 1. The summed E-state index contributed by atoms with van der Waals surface area (Å²) < 4.78 is 11.0. The van der Waals surface area contributed by atoms with Crippen molar-refractivity contribution in [2.24, 2.45) is 0 Å². The highest BCUT2D eigenvalue weighted by atomic mass is 16.6. The van der Waals surface area contributed by atoms with Gasteiger partial charge in [-0.15, -0.1) is 0 Å². The van der Waals surface area contributed by atoms with Crippen LogP contribution >= 0.6 is 0 Å². The van der Waals surface area contributed by atoms with Gasteiger partial charge in [-0.3, -0.25) is 4.79 Å². The molecule has 0 unspecified atom stereocenters. The lowest BCUT2D eigenvalue weighted by Gasteiger charge is -2.24. The molecule has 1 amide bonds. The number of nitrogens with zero attached hydrogens (tertiary/aromatic N) is 1. The van der Waals surface area contributed by atoms with Crippen LogP contribution in [0.5, 0.6) is 11.5 Å². The highest BCUT2D eigenvalue weighted by Gasteiger charge is 2.16. The number of amides is 1. The predicted octanol–water partition coefficient (Wildman–Crippen LogP) is 1.80. The third-order valence-corrected chi connectivity index (χ3v) is 3.22. The van der Waals surface area contributed by atoms with Crippen LogP contribution in [0.2, 0.25) is 0 Å². The number of hydrogen-bond donors (Lipinski definition) is 1. The maximum Gasteiger partial charge on any atom is 0.236 e. The van der Waals surface area contributed by atoms with Crippen LogP contribution in [0, 0.1) is 0 Å². The number of likely N-dealkylation sites (N-methyl/N-ethyl adjacent to an activating group) is 1. The summed E-state index contributed by atoms with van der Waals surface area (Å²) in [6, 6.07) is 5.81. The van der Waals surface area contributed by atoms with E-state index in [0.29, 0.717) is 26.3 Å². The smallest absolute Gasteiger partial charge is 0.236 e. The quantitative estimate of drug-likeness (QED) is 0.919. The average molecular weight is 292 g/mol. The van der Waals surface area contributed by atoms with E-state index in [9.17, 15) is 4.79 Å². The number of carbonyl (C=O) groups is 1. The Morgan fingerprint density at radius 3 is 2.57 bits per heavy atom. The Bertz CT molecular complexity index is 509. The van der Waals surface area contributed by atoms with Crippen molar-refractivity contribution in [2.75, 3.05) is 26.8 Å². The van der Waals surface area contributed by atoms with Crippen molar-refractivity contribution in [2.45, 2.75) is 32.9 Å². The largest absolute Gasteiger partial charge is 0.486 e. The zero-order chi connectivity index (χ0) is 15.5. The van der Waals surface area contributed by atoms with E-state index in [-0.39, 0.29) is 11.4 Å². The van der Waals surface area contributed by atoms with Gasteiger partial charge in [-0.05, 0) is 38.5 Å². The lowest BCUT2D eigenvalue weighted by atomic mass is 10.1. The Kier molecular flexibility index (Phi) is 4.73. The second-order valence-corrected chi connectivity index (χ2v) is 6.33. The molecule has 1 heterocycles. The minimum absolute atomic E-state index is 0.0620. The number of ether oxygens (including phenoxy) is 2. The van der Waals surface area contributed by atoms with Gasteiger partial charge in [0.1, 0.15) is 13.2 Å². The topological polar surface area (TPSA) is 50.8 Å². The lowest BCUT2D eigenvalue weighted by molar-refractivity contribution is -0.129. The third kappa shape index (κ3) is 4.63. The summed E-state index contributed by atoms with van der Waals surface area (Å²) >= 11 is 0. The highest BCUT2D eigenvalue weighted by Crippen LogP contribution is 2.30. The molecule has 0 fully saturated rings. The summed E-state index contributed by atoms with van der Waals surface area (Å²) in [5.74, 6) is 1.60. The van der Waals surface area contributed by atoms with Crippen LogP contribution in [-0.4, -0.2) is 43.2 Å². The van der Waals surface area contributed by atoms with Crippen molar-refractivity contribution < 1.29 is 14.3 Å². The van der Waals surface area contributed by atoms with Gasteiger partial charge in [-0.25, -0.2) is 0 Å². The highest BCUT2D eigenvalue weighted by molar-refractivity contribution is 5.78. The molecular weight excluding hydrogens is 268 g/mol. The maximum atomic E-state index is 12.1. The molecule has 0 radical (unpaired) electrons. The summed E-state index contributed by atoms with van der Waals surface area (Å²) in [7, 11) is 1.81. The number of rotatable bonds is 4.